The SMILES string of the molecule is CCCCC(N)C1CCC2CCCCC2C1. The van der Waals surface area contributed by atoms with Gasteiger partial charge in [-0.25, -0.2) is 0 Å². The highest BCUT2D eigenvalue weighted by Gasteiger charge is 2.33. The average molecular weight is 223 g/mol. The van der Waals surface area contributed by atoms with Crippen molar-refractivity contribution < 1.29 is 0 Å². The van der Waals surface area contributed by atoms with E-state index in [1.165, 1.54) is 64.2 Å². The molecule has 16 heavy (non-hydrogen) atoms. The number of nitrogens with two attached hydrogens (primary N) is 1. The zero-order valence-corrected chi connectivity index (χ0v) is 11.0. The van der Waals surface area contributed by atoms with Gasteiger partial charge in [-0.1, -0.05) is 45.4 Å². The standard InChI is InChI=1S/C15H29N/c1-2-3-8-15(16)14-10-9-12-6-4-5-7-13(12)11-14/h12-15H,2-11,16H2,1H3. The predicted octanol–water partition coefficient (Wildman–Crippen LogP) is 4.11. The van der Waals surface area contributed by atoms with Gasteiger partial charge >= 0.3 is 0 Å². The smallest absolute Gasteiger partial charge is 0.00672 e. The van der Waals surface area contributed by atoms with Gasteiger partial charge in [0.15, 0.2) is 0 Å². The second kappa shape index (κ2) is 6.05. The summed E-state index contributed by atoms with van der Waals surface area (Å²) in [7, 11) is 0. The number of hydrogen-bond donors (Lipinski definition) is 1. The van der Waals surface area contributed by atoms with Crippen LogP contribution in [0.3, 0.4) is 0 Å². The van der Waals surface area contributed by atoms with Crippen LogP contribution in [0, 0.1) is 17.8 Å². The third-order valence-electron chi connectivity index (χ3n) is 5.08. The Balaban J connectivity index is 1.79. The van der Waals surface area contributed by atoms with E-state index in [9.17, 15) is 0 Å². The first-order chi connectivity index (χ1) is 7.81. The fourth-order valence-electron chi connectivity index (χ4n) is 3.97. The van der Waals surface area contributed by atoms with E-state index in [0.29, 0.717) is 6.04 Å². The van der Waals surface area contributed by atoms with Crippen molar-refractivity contribution in [2.75, 3.05) is 0 Å². The van der Waals surface area contributed by atoms with Gasteiger partial charge in [-0.2, -0.15) is 0 Å². The summed E-state index contributed by atoms with van der Waals surface area (Å²) in [6, 6.07) is 0.503. The van der Waals surface area contributed by atoms with Gasteiger partial charge in [-0.15, -0.1) is 0 Å². The molecule has 0 aliphatic heterocycles. The highest BCUT2D eigenvalue weighted by atomic mass is 14.7. The van der Waals surface area contributed by atoms with Crippen LogP contribution in [0.1, 0.15) is 71.1 Å². The second-order valence-electron chi connectivity index (χ2n) is 6.18. The summed E-state index contributed by atoms with van der Waals surface area (Å²) in [5, 5.41) is 0. The van der Waals surface area contributed by atoms with Crippen LogP contribution in [0.15, 0.2) is 0 Å². The lowest BCUT2D eigenvalue weighted by Crippen LogP contribution is -2.37. The van der Waals surface area contributed by atoms with Gasteiger partial charge in [0, 0.05) is 6.04 Å². The molecule has 0 aromatic rings. The third kappa shape index (κ3) is 3.00. The summed E-state index contributed by atoms with van der Waals surface area (Å²) >= 11 is 0. The molecule has 4 unspecified atom stereocenters. The van der Waals surface area contributed by atoms with Crippen LogP contribution in [0.25, 0.3) is 0 Å². The maximum absolute atomic E-state index is 6.36. The van der Waals surface area contributed by atoms with E-state index < -0.39 is 0 Å². The van der Waals surface area contributed by atoms with Crippen molar-refractivity contribution in [3.8, 4) is 0 Å². The Hall–Kier alpha value is -0.0400. The van der Waals surface area contributed by atoms with Crippen molar-refractivity contribution in [3.63, 3.8) is 0 Å². The molecule has 94 valence electrons. The van der Waals surface area contributed by atoms with Crippen LogP contribution in [-0.2, 0) is 0 Å². The molecule has 1 nitrogen and oxygen atoms in total. The van der Waals surface area contributed by atoms with E-state index in [0.717, 1.165) is 17.8 Å². The number of fused-ring (bicyclic) bond motifs is 1. The molecule has 0 radical (unpaired) electrons. The Morgan fingerprint density at radius 3 is 2.56 bits per heavy atom. The minimum atomic E-state index is 0.503. The summed E-state index contributed by atoms with van der Waals surface area (Å²) in [4.78, 5) is 0. The molecule has 4 atom stereocenters. The van der Waals surface area contributed by atoms with Crippen molar-refractivity contribution >= 4 is 0 Å². The first-order valence-electron chi connectivity index (χ1n) is 7.56. The highest BCUT2D eigenvalue weighted by molar-refractivity contribution is 4.86. The predicted molar refractivity (Wildman–Crippen MR) is 70.3 cm³/mol. The molecular formula is C15H29N. The molecule has 2 aliphatic carbocycles. The van der Waals surface area contributed by atoms with Crippen molar-refractivity contribution in [1.29, 1.82) is 0 Å². The van der Waals surface area contributed by atoms with E-state index in [1.54, 1.807) is 0 Å². The first-order valence-corrected chi connectivity index (χ1v) is 7.56. The molecular weight excluding hydrogens is 194 g/mol. The highest BCUT2D eigenvalue weighted by Crippen LogP contribution is 2.43. The lowest BCUT2D eigenvalue weighted by molar-refractivity contribution is 0.115. The largest absolute Gasteiger partial charge is 0.327 e. The van der Waals surface area contributed by atoms with Crippen LogP contribution in [-0.4, -0.2) is 6.04 Å². The molecule has 1 heteroatoms. The number of unbranched alkanes of at least 4 members (excludes halogenated alkanes) is 1. The van der Waals surface area contributed by atoms with Crippen LogP contribution < -0.4 is 5.73 Å². The minimum Gasteiger partial charge on any atom is -0.327 e. The molecule has 0 aromatic heterocycles. The molecule has 2 N–H and O–H groups in total. The fraction of sp³-hybridized carbons (Fsp3) is 1.00. The van der Waals surface area contributed by atoms with E-state index in [-0.39, 0.29) is 0 Å². The monoisotopic (exact) mass is 223 g/mol. The van der Waals surface area contributed by atoms with E-state index in [1.807, 2.05) is 0 Å². The summed E-state index contributed by atoms with van der Waals surface area (Å²) < 4.78 is 0. The molecule has 0 saturated heterocycles. The Bertz CT molecular complexity index is 202. The van der Waals surface area contributed by atoms with Gasteiger partial charge in [0.25, 0.3) is 0 Å². The quantitative estimate of drug-likeness (QED) is 0.762. The molecule has 0 spiro atoms. The minimum absolute atomic E-state index is 0.503. The van der Waals surface area contributed by atoms with Crippen LogP contribution in [0.4, 0.5) is 0 Å². The van der Waals surface area contributed by atoms with Gasteiger partial charge in [0.1, 0.15) is 0 Å². The zero-order valence-electron chi connectivity index (χ0n) is 11.0. The summed E-state index contributed by atoms with van der Waals surface area (Å²) in [6.07, 6.45) is 14.2. The first kappa shape index (κ1) is 12.4. The second-order valence-corrected chi connectivity index (χ2v) is 6.18. The lowest BCUT2D eigenvalue weighted by atomic mass is 9.66. The molecule has 2 aliphatic rings. The number of hydrogen-bond acceptors (Lipinski definition) is 1. The van der Waals surface area contributed by atoms with Crippen LogP contribution >= 0.6 is 0 Å². The van der Waals surface area contributed by atoms with Crippen molar-refractivity contribution in [1.82, 2.24) is 0 Å². The molecule has 2 saturated carbocycles. The van der Waals surface area contributed by atoms with Gasteiger partial charge in [-0.05, 0) is 43.4 Å². The Morgan fingerprint density at radius 1 is 1.06 bits per heavy atom. The van der Waals surface area contributed by atoms with E-state index in [2.05, 4.69) is 6.92 Å². The van der Waals surface area contributed by atoms with Crippen molar-refractivity contribution in [3.05, 3.63) is 0 Å². The Morgan fingerprint density at radius 2 is 1.81 bits per heavy atom. The number of rotatable bonds is 4. The summed E-state index contributed by atoms with van der Waals surface area (Å²) in [5.41, 5.74) is 6.36. The molecule has 2 fully saturated rings. The topological polar surface area (TPSA) is 26.0 Å². The summed E-state index contributed by atoms with van der Waals surface area (Å²) in [5.74, 6) is 2.97. The third-order valence-corrected chi connectivity index (χ3v) is 5.08. The Kier molecular flexibility index (Phi) is 4.69. The maximum atomic E-state index is 6.36. The van der Waals surface area contributed by atoms with Gasteiger partial charge in [0.05, 0.1) is 0 Å². The molecule has 2 rings (SSSR count). The lowest BCUT2D eigenvalue weighted by Gasteiger charge is -2.41. The Labute approximate surface area is 101 Å². The van der Waals surface area contributed by atoms with E-state index >= 15 is 0 Å². The van der Waals surface area contributed by atoms with E-state index in [4.69, 9.17) is 5.73 Å². The average Bonchev–Trinajstić information content (AvgIpc) is 2.35. The maximum Gasteiger partial charge on any atom is 0.00672 e. The van der Waals surface area contributed by atoms with Gasteiger partial charge < -0.3 is 5.73 Å². The van der Waals surface area contributed by atoms with Gasteiger partial charge in [-0.3, -0.25) is 0 Å². The van der Waals surface area contributed by atoms with Crippen LogP contribution in [0.5, 0.6) is 0 Å². The molecule has 0 aromatic carbocycles. The molecule has 0 heterocycles. The molecule has 0 amide bonds. The van der Waals surface area contributed by atoms with Crippen molar-refractivity contribution in [2.24, 2.45) is 23.5 Å². The summed E-state index contributed by atoms with van der Waals surface area (Å²) in [6.45, 7) is 2.27. The van der Waals surface area contributed by atoms with Crippen molar-refractivity contribution in [2.45, 2.75) is 77.2 Å². The normalized spacial score (nSPS) is 36.8. The zero-order chi connectivity index (χ0) is 11.4. The fourth-order valence-corrected chi connectivity index (χ4v) is 3.97. The molecule has 0 bridgehead atoms. The van der Waals surface area contributed by atoms with Crippen LogP contribution in [0.2, 0.25) is 0 Å². The van der Waals surface area contributed by atoms with Gasteiger partial charge in [0.2, 0.25) is 0 Å².